The number of aromatic nitrogens is 2. The van der Waals surface area contributed by atoms with Gasteiger partial charge in [-0.25, -0.2) is 9.78 Å². The summed E-state index contributed by atoms with van der Waals surface area (Å²) in [7, 11) is -3.89. The summed E-state index contributed by atoms with van der Waals surface area (Å²) in [5.74, 6) is -0.593. The first-order valence-corrected chi connectivity index (χ1v) is 8.08. The lowest BCUT2D eigenvalue weighted by atomic mass is 10.4. The third-order valence-electron chi connectivity index (χ3n) is 2.67. The molecule has 0 atom stereocenters. The van der Waals surface area contributed by atoms with Crippen molar-refractivity contribution in [1.82, 2.24) is 9.55 Å². The number of carboxylic acid groups (broad SMARTS) is 1. The van der Waals surface area contributed by atoms with Crippen LogP contribution in [-0.2, 0) is 16.6 Å². The van der Waals surface area contributed by atoms with Crippen LogP contribution in [0.25, 0.3) is 0 Å². The summed E-state index contributed by atoms with van der Waals surface area (Å²) in [4.78, 5) is 14.9. The average molecular weight is 315 g/mol. The Hall–Kier alpha value is -1.87. The van der Waals surface area contributed by atoms with E-state index < -0.39 is 16.0 Å². The Morgan fingerprint density at radius 2 is 2.25 bits per heavy atom. The largest absolute Gasteiger partial charge is 0.477 e. The highest BCUT2D eigenvalue weighted by Gasteiger charge is 2.22. The lowest BCUT2D eigenvalue weighted by molar-refractivity contribution is 0.0703. The van der Waals surface area contributed by atoms with E-state index in [0.29, 0.717) is 12.4 Å². The molecule has 0 aliphatic carbocycles. The highest BCUT2D eigenvalue weighted by Crippen LogP contribution is 2.25. The van der Waals surface area contributed by atoms with E-state index in [4.69, 9.17) is 5.11 Å². The predicted molar refractivity (Wildman–Crippen MR) is 74.7 cm³/mol. The first-order valence-electron chi connectivity index (χ1n) is 5.72. The Morgan fingerprint density at radius 3 is 2.80 bits per heavy atom. The number of carboxylic acids is 1. The van der Waals surface area contributed by atoms with E-state index in [1.165, 1.54) is 17.6 Å². The quantitative estimate of drug-likeness (QED) is 0.875. The Kier molecular flexibility index (Phi) is 3.82. The van der Waals surface area contributed by atoms with Gasteiger partial charge in [-0.2, -0.15) is 8.42 Å². The molecule has 2 rings (SSSR count). The maximum absolute atomic E-state index is 12.2. The second-order valence-corrected chi connectivity index (χ2v) is 6.53. The molecule has 9 heteroatoms. The Labute approximate surface area is 119 Å². The van der Waals surface area contributed by atoms with Gasteiger partial charge in [-0.05, 0) is 25.3 Å². The lowest BCUT2D eigenvalue weighted by Gasteiger charge is -2.04. The molecule has 0 radical (unpaired) electrons. The van der Waals surface area contributed by atoms with E-state index in [1.54, 1.807) is 11.5 Å². The van der Waals surface area contributed by atoms with Gasteiger partial charge in [0.05, 0.1) is 5.69 Å². The van der Waals surface area contributed by atoms with Gasteiger partial charge in [0.1, 0.15) is 10.7 Å². The third-order valence-corrected chi connectivity index (χ3v) is 4.81. The number of nitrogens with zero attached hydrogens (tertiary/aromatic N) is 2. The molecule has 0 fully saturated rings. The lowest BCUT2D eigenvalue weighted by Crippen LogP contribution is -2.14. The van der Waals surface area contributed by atoms with Crippen molar-refractivity contribution in [3.63, 3.8) is 0 Å². The van der Waals surface area contributed by atoms with E-state index in [9.17, 15) is 13.2 Å². The van der Waals surface area contributed by atoms with Gasteiger partial charge >= 0.3 is 5.97 Å². The molecule has 2 aromatic heterocycles. The highest BCUT2D eigenvalue weighted by molar-refractivity contribution is 7.92. The van der Waals surface area contributed by atoms with E-state index in [1.807, 2.05) is 6.92 Å². The van der Waals surface area contributed by atoms with Gasteiger partial charge in [-0.15, -0.1) is 11.3 Å². The fraction of sp³-hybridized carbons (Fsp3) is 0.273. The molecule has 108 valence electrons. The molecular formula is C11H13N3O4S2. The Balaban J connectivity index is 2.35. The van der Waals surface area contributed by atoms with Gasteiger partial charge in [0.2, 0.25) is 0 Å². The number of carbonyl (C=O) groups is 1. The van der Waals surface area contributed by atoms with Crippen molar-refractivity contribution >= 4 is 33.0 Å². The number of aromatic carboxylic acids is 1. The van der Waals surface area contributed by atoms with Crippen molar-refractivity contribution in [2.75, 3.05) is 4.72 Å². The molecule has 2 aromatic rings. The summed E-state index contributed by atoms with van der Waals surface area (Å²) in [5, 5.41) is 10.3. The van der Waals surface area contributed by atoms with E-state index in [0.717, 1.165) is 11.3 Å². The molecule has 0 saturated heterocycles. The number of hydrogen-bond donors (Lipinski definition) is 2. The molecule has 7 nitrogen and oxygen atoms in total. The normalized spacial score (nSPS) is 11.5. The molecule has 0 aliphatic rings. The number of rotatable bonds is 5. The van der Waals surface area contributed by atoms with Crippen LogP contribution in [0, 0.1) is 6.92 Å². The summed E-state index contributed by atoms with van der Waals surface area (Å²) >= 11 is 0.954. The molecule has 2 heterocycles. The molecule has 0 saturated carbocycles. The molecule has 20 heavy (non-hydrogen) atoms. The van der Waals surface area contributed by atoms with Crippen LogP contribution in [0.2, 0.25) is 0 Å². The summed E-state index contributed by atoms with van der Waals surface area (Å²) in [5.41, 5.74) is 0.0474. The third kappa shape index (κ3) is 2.68. The fourth-order valence-corrected chi connectivity index (χ4v) is 3.52. The van der Waals surface area contributed by atoms with Crippen molar-refractivity contribution in [3.8, 4) is 0 Å². The minimum absolute atomic E-state index is 0.0474. The molecule has 0 unspecified atom stereocenters. The van der Waals surface area contributed by atoms with Crippen molar-refractivity contribution in [2.24, 2.45) is 0 Å². The summed E-state index contributed by atoms with van der Waals surface area (Å²) in [6, 6.07) is 1.41. The topological polar surface area (TPSA) is 101 Å². The van der Waals surface area contributed by atoms with Crippen LogP contribution in [0.5, 0.6) is 0 Å². The first kappa shape index (κ1) is 14.5. The number of thiophene rings is 1. The van der Waals surface area contributed by atoms with Crippen LogP contribution >= 0.6 is 11.3 Å². The zero-order valence-corrected chi connectivity index (χ0v) is 12.5. The molecule has 0 amide bonds. The summed E-state index contributed by atoms with van der Waals surface area (Å²) in [6.07, 6.45) is 1.42. The molecule has 0 aliphatic heterocycles. The van der Waals surface area contributed by atoms with Crippen molar-refractivity contribution < 1.29 is 18.3 Å². The van der Waals surface area contributed by atoms with E-state index in [-0.39, 0.29) is 15.6 Å². The van der Waals surface area contributed by atoms with Crippen LogP contribution < -0.4 is 4.72 Å². The van der Waals surface area contributed by atoms with Gasteiger partial charge in [-0.1, -0.05) is 0 Å². The average Bonchev–Trinajstić information content (AvgIpc) is 2.95. The van der Waals surface area contributed by atoms with Gasteiger partial charge in [0.25, 0.3) is 10.0 Å². The van der Waals surface area contributed by atoms with Crippen LogP contribution in [0.3, 0.4) is 0 Å². The number of hydrogen-bond acceptors (Lipinski definition) is 5. The van der Waals surface area contributed by atoms with Crippen LogP contribution in [0.1, 0.15) is 22.4 Å². The molecule has 0 spiro atoms. The van der Waals surface area contributed by atoms with Crippen molar-refractivity contribution in [1.29, 1.82) is 0 Å². The van der Waals surface area contributed by atoms with Gasteiger partial charge in [-0.3, -0.25) is 4.72 Å². The monoisotopic (exact) mass is 315 g/mol. The number of imidazole rings is 1. The van der Waals surface area contributed by atoms with Gasteiger partial charge in [0, 0.05) is 12.7 Å². The van der Waals surface area contributed by atoms with Gasteiger partial charge in [0.15, 0.2) is 5.03 Å². The second kappa shape index (κ2) is 5.25. The summed E-state index contributed by atoms with van der Waals surface area (Å²) in [6.45, 7) is 4.18. The molecule has 0 bridgehead atoms. The highest BCUT2D eigenvalue weighted by atomic mass is 32.2. The first-order chi connectivity index (χ1) is 9.35. The smallest absolute Gasteiger partial charge is 0.348 e. The molecular weight excluding hydrogens is 302 g/mol. The molecule has 0 aromatic carbocycles. The maximum Gasteiger partial charge on any atom is 0.348 e. The number of aryl methyl sites for hydroxylation is 2. The second-order valence-electron chi connectivity index (χ2n) is 3.99. The molecule has 2 N–H and O–H groups in total. The zero-order chi connectivity index (χ0) is 14.9. The number of sulfonamides is 1. The standard InChI is InChI=1S/C11H13N3O4S2/c1-3-14-6-9(12-7(14)2)20(17,18)13-8-4-5-19-10(8)11(15)16/h4-6,13H,3H2,1-2H3,(H,15,16). The maximum atomic E-state index is 12.2. The Bertz CT molecular complexity index is 746. The van der Waals surface area contributed by atoms with Crippen LogP contribution in [0.4, 0.5) is 5.69 Å². The van der Waals surface area contributed by atoms with Gasteiger partial charge < -0.3 is 9.67 Å². The predicted octanol–water partition coefficient (Wildman–Crippen LogP) is 1.77. The number of nitrogens with one attached hydrogen (secondary N) is 1. The van der Waals surface area contributed by atoms with E-state index >= 15 is 0 Å². The zero-order valence-electron chi connectivity index (χ0n) is 10.8. The van der Waals surface area contributed by atoms with E-state index in [2.05, 4.69) is 9.71 Å². The van der Waals surface area contributed by atoms with Crippen LogP contribution in [-0.4, -0.2) is 29.0 Å². The number of anilines is 1. The minimum atomic E-state index is -3.89. The summed E-state index contributed by atoms with van der Waals surface area (Å²) < 4.78 is 28.3. The minimum Gasteiger partial charge on any atom is -0.477 e. The van der Waals surface area contributed by atoms with Crippen molar-refractivity contribution in [3.05, 3.63) is 28.3 Å². The van der Waals surface area contributed by atoms with Crippen LogP contribution in [0.15, 0.2) is 22.7 Å². The SMILES string of the molecule is CCn1cc(S(=O)(=O)Nc2ccsc2C(=O)O)nc1C. The van der Waals surface area contributed by atoms with Crippen molar-refractivity contribution in [2.45, 2.75) is 25.4 Å². The fourth-order valence-electron chi connectivity index (χ4n) is 1.68. The Morgan fingerprint density at radius 1 is 1.55 bits per heavy atom.